The van der Waals surface area contributed by atoms with Crippen LogP contribution in [0.5, 0.6) is 5.75 Å². The summed E-state index contributed by atoms with van der Waals surface area (Å²) in [6.07, 6.45) is 0.398. The van der Waals surface area contributed by atoms with Crippen molar-refractivity contribution in [3.05, 3.63) is 23.8 Å². The summed E-state index contributed by atoms with van der Waals surface area (Å²) in [4.78, 5) is 21.6. The summed E-state index contributed by atoms with van der Waals surface area (Å²) < 4.78 is 4.93. The monoisotopic (exact) mass is 223 g/mol. The van der Waals surface area contributed by atoms with Gasteiger partial charge in [-0.05, 0) is 18.2 Å². The Kier molecular flexibility index (Phi) is 3.88. The van der Waals surface area contributed by atoms with Gasteiger partial charge in [0.25, 0.3) is 0 Å². The van der Waals surface area contributed by atoms with Crippen molar-refractivity contribution in [2.45, 2.75) is 13.3 Å². The largest absolute Gasteiger partial charge is 0.480 e. The predicted molar refractivity (Wildman–Crippen MR) is 58.6 cm³/mol. The Hall–Kier alpha value is -2.04. The van der Waals surface area contributed by atoms with Crippen LogP contribution in [0.15, 0.2) is 18.2 Å². The Labute approximate surface area is 92.8 Å². The van der Waals surface area contributed by atoms with Gasteiger partial charge in [0.05, 0.1) is 5.69 Å². The van der Waals surface area contributed by atoms with Gasteiger partial charge in [-0.2, -0.15) is 0 Å². The SMILES string of the molecule is CCC(=O)c1ccc(OCC(=O)O)c(N)c1. The number of carboxylic acids is 1. The normalized spacial score (nSPS) is 9.81. The second kappa shape index (κ2) is 5.16. The van der Waals surface area contributed by atoms with E-state index in [0.717, 1.165) is 0 Å². The molecule has 0 radical (unpaired) electrons. The van der Waals surface area contributed by atoms with Crippen molar-refractivity contribution in [1.29, 1.82) is 0 Å². The van der Waals surface area contributed by atoms with Gasteiger partial charge < -0.3 is 15.6 Å². The highest BCUT2D eigenvalue weighted by molar-refractivity contribution is 5.97. The molecule has 0 saturated heterocycles. The lowest BCUT2D eigenvalue weighted by atomic mass is 10.1. The molecular weight excluding hydrogens is 210 g/mol. The summed E-state index contributed by atoms with van der Waals surface area (Å²) in [5, 5.41) is 8.43. The Morgan fingerprint density at radius 3 is 2.62 bits per heavy atom. The van der Waals surface area contributed by atoms with Crippen molar-refractivity contribution in [2.75, 3.05) is 12.3 Å². The zero-order valence-corrected chi connectivity index (χ0v) is 8.90. The molecule has 0 amide bonds. The fourth-order valence-corrected chi connectivity index (χ4v) is 1.20. The molecule has 1 aromatic carbocycles. The van der Waals surface area contributed by atoms with E-state index in [1.54, 1.807) is 13.0 Å². The van der Waals surface area contributed by atoms with Crippen molar-refractivity contribution in [3.63, 3.8) is 0 Å². The van der Waals surface area contributed by atoms with E-state index in [1.807, 2.05) is 0 Å². The van der Waals surface area contributed by atoms with Crippen LogP contribution >= 0.6 is 0 Å². The average molecular weight is 223 g/mol. The van der Waals surface area contributed by atoms with Crippen LogP contribution in [-0.2, 0) is 4.79 Å². The number of anilines is 1. The number of aliphatic carboxylic acids is 1. The smallest absolute Gasteiger partial charge is 0.341 e. The topological polar surface area (TPSA) is 89.6 Å². The van der Waals surface area contributed by atoms with Crippen LogP contribution in [-0.4, -0.2) is 23.5 Å². The molecule has 1 aromatic rings. The molecule has 0 atom stereocenters. The van der Waals surface area contributed by atoms with Crippen LogP contribution < -0.4 is 10.5 Å². The quantitative estimate of drug-likeness (QED) is 0.580. The Morgan fingerprint density at radius 2 is 2.12 bits per heavy atom. The number of carbonyl (C=O) groups excluding carboxylic acids is 1. The molecule has 0 aliphatic carbocycles. The zero-order chi connectivity index (χ0) is 12.1. The molecule has 5 heteroatoms. The van der Waals surface area contributed by atoms with Crippen molar-refractivity contribution >= 4 is 17.4 Å². The van der Waals surface area contributed by atoms with E-state index in [0.29, 0.717) is 12.0 Å². The summed E-state index contributed by atoms with van der Waals surface area (Å²) >= 11 is 0. The van der Waals surface area contributed by atoms with Gasteiger partial charge in [-0.1, -0.05) is 6.92 Å². The third-order valence-electron chi connectivity index (χ3n) is 2.00. The molecule has 1 rings (SSSR count). The maximum Gasteiger partial charge on any atom is 0.341 e. The number of rotatable bonds is 5. The third kappa shape index (κ3) is 2.98. The zero-order valence-electron chi connectivity index (χ0n) is 8.90. The van der Waals surface area contributed by atoms with Gasteiger partial charge in [0.2, 0.25) is 0 Å². The highest BCUT2D eigenvalue weighted by Gasteiger charge is 2.08. The minimum Gasteiger partial charge on any atom is -0.480 e. The van der Waals surface area contributed by atoms with Gasteiger partial charge >= 0.3 is 5.97 Å². The first-order valence-corrected chi connectivity index (χ1v) is 4.82. The number of nitrogens with two attached hydrogens (primary N) is 1. The van der Waals surface area contributed by atoms with Gasteiger partial charge in [0.1, 0.15) is 5.75 Å². The lowest BCUT2D eigenvalue weighted by molar-refractivity contribution is -0.139. The number of benzene rings is 1. The highest BCUT2D eigenvalue weighted by atomic mass is 16.5. The number of carbonyl (C=O) groups is 2. The lowest BCUT2D eigenvalue weighted by Gasteiger charge is -2.07. The first-order chi connectivity index (χ1) is 7.54. The summed E-state index contributed by atoms with van der Waals surface area (Å²) in [6, 6.07) is 4.56. The Morgan fingerprint density at radius 1 is 1.44 bits per heavy atom. The van der Waals surface area contributed by atoms with E-state index >= 15 is 0 Å². The second-order valence-corrected chi connectivity index (χ2v) is 3.21. The molecular formula is C11H13NO4. The van der Waals surface area contributed by atoms with Crippen molar-refractivity contribution in [1.82, 2.24) is 0 Å². The number of carboxylic acid groups (broad SMARTS) is 1. The molecule has 0 aromatic heterocycles. The van der Waals surface area contributed by atoms with E-state index < -0.39 is 12.6 Å². The van der Waals surface area contributed by atoms with Crippen LogP contribution in [0, 0.1) is 0 Å². The molecule has 3 N–H and O–H groups in total. The number of hydrogen-bond donors (Lipinski definition) is 2. The van der Waals surface area contributed by atoms with E-state index in [-0.39, 0.29) is 17.2 Å². The van der Waals surface area contributed by atoms with Gasteiger partial charge in [-0.15, -0.1) is 0 Å². The minimum absolute atomic E-state index is 0.0171. The number of Topliss-reactive ketones (excluding diaryl/α,β-unsaturated/α-hetero) is 1. The van der Waals surface area contributed by atoms with Crippen molar-refractivity contribution in [2.24, 2.45) is 0 Å². The van der Waals surface area contributed by atoms with Crippen LogP contribution in [0.1, 0.15) is 23.7 Å². The van der Waals surface area contributed by atoms with Crippen LogP contribution in [0.4, 0.5) is 5.69 Å². The second-order valence-electron chi connectivity index (χ2n) is 3.21. The van der Waals surface area contributed by atoms with Crippen LogP contribution in [0.25, 0.3) is 0 Å². The number of ketones is 1. The first-order valence-electron chi connectivity index (χ1n) is 4.82. The average Bonchev–Trinajstić information content (AvgIpc) is 2.26. The molecule has 86 valence electrons. The Bertz CT molecular complexity index is 414. The fraction of sp³-hybridized carbons (Fsp3) is 0.273. The molecule has 16 heavy (non-hydrogen) atoms. The summed E-state index contributed by atoms with van der Waals surface area (Å²) in [5.41, 5.74) is 6.40. The molecule has 0 fully saturated rings. The van der Waals surface area contributed by atoms with E-state index in [4.69, 9.17) is 15.6 Å². The standard InChI is InChI=1S/C11H13NO4/c1-2-9(13)7-3-4-10(8(12)5-7)16-6-11(14)15/h3-5H,2,6,12H2,1H3,(H,14,15). The van der Waals surface area contributed by atoms with E-state index in [9.17, 15) is 9.59 Å². The van der Waals surface area contributed by atoms with Crippen molar-refractivity contribution < 1.29 is 19.4 Å². The first kappa shape index (κ1) is 12.0. The third-order valence-corrected chi connectivity index (χ3v) is 2.00. The van der Waals surface area contributed by atoms with E-state index in [1.165, 1.54) is 12.1 Å². The van der Waals surface area contributed by atoms with Gasteiger partial charge in [0, 0.05) is 12.0 Å². The molecule has 0 unspecified atom stereocenters. The Balaban J connectivity index is 2.83. The highest BCUT2D eigenvalue weighted by Crippen LogP contribution is 2.23. The molecule has 0 saturated carbocycles. The number of nitrogen functional groups attached to an aromatic ring is 1. The van der Waals surface area contributed by atoms with Gasteiger partial charge in [-0.25, -0.2) is 4.79 Å². The van der Waals surface area contributed by atoms with Crippen molar-refractivity contribution in [3.8, 4) is 5.75 Å². The molecule has 5 nitrogen and oxygen atoms in total. The summed E-state index contributed by atoms with van der Waals surface area (Å²) in [5.74, 6) is -0.820. The molecule has 0 bridgehead atoms. The summed E-state index contributed by atoms with van der Waals surface area (Å²) in [7, 11) is 0. The maximum absolute atomic E-state index is 11.4. The predicted octanol–water partition coefficient (Wildman–Crippen LogP) is 1.32. The fourth-order valence-electron chi connectivity index (χ4n) is 1.20. The minimum atomic E-state index is -1.08. The molecule has 0 heterocycles. The lowest BCUT2D eigenvalue weighted by Crippen LogP contribution is -2.10. The molecule has 0 aliphatic rings. The maximum atomic E-state index is 11.4. The van der Waals surface area contributed by atoms with Crippen LogP contribution in [0.2, 0.25) is 0 Å². The summed E-state index contributed by atoms with van der Waals surface area (Å²) in [6.45, 7) is 1.30. The van der Waals surface area contributed by atoms with Gasteiger partial charge in [0.15, 0.2) is 12.4 Å². The number of hydrogen-bond acceptors (Lipinski definition) is 4. The van der Waals surface area contributed by atoms with Crippen LogP contribution in [0.3, 0.4) is 0 Å². The van der Waals surface area contributed by atoms with Gasteiger partial charge in [-0.3, -0.25) is 4.79 Å². The van der Waals surface area contributed by atoms with E-state index in [2.05, 4.69) is 0 Å². The molecule has 0 aliphatic heterocycles. The molecule has 0 spiro atoms. The number of ether oxygens (including phenoxy) is 1.